The predicted molar refractivity (Wildman–Crippen MR) is 104 cm³/mol. The predicted octanol–water partition coefficient (Wildman–Crippen LogP) is 3.88. The molecule has 2 aromatic carbocycles. The van der Waals surface area contributed by atoms with Gasteiger partial charge in [-0.1, -0.05) is 0 Å². The van der Waals surface area contributed by atoms with E-state index in [1.165, 1.54) is 0 Å². The standard InChI is InChI=1S/C20H19N5O2/c1-13-18-19(25(12-21-18)15-6-10-17(27-3)11-7-15)24-20(22-13)23-14-4-8-16(26-2)9-5-14/h4-12H,1-3H3,(H,22,23,24). The smallest absolute Gasteiger partial charge is 0.229 e. The molecule has 0 unspecified atom stereocenters. The van der Waals surface area contributed by atoms with Gasteiger partial charge in [0.25, 0.3) is 0 Å². The first-order chi connectivity index (χ1) is 13.2. The van der Waals surface area contributed by atoms with E-state index in [1.54, 1.807) is 20.5 Å². The lowest BCUT2D eigenvalue weighted by Crippen LogP contribution is -2.02. The first-order valence-corrected chi connectivity index (χ1v) is 8.45. The Bertz CT molecular complexity index is 1070. The Hall–Kier alpha value is -3.61. The van der Waals surface area contributed by atoms with Crippen LogP contribution in [0.15, 0.2) is 54.9 Å². The molecule has 0 spiro atoms. The van der Waals surface area contributed by atoms with Crippen LogP contribution in [0.25, 0.3) is 16.9 Å². The fraction of sp³-hybridized carbons (Fsp3) is 0.150. The van der Waals surface area contributed by atoms with Crippen molar-refractivity contribution >= 4 is 22.8 Å². The van der Waals surface area contributed by atoms with Gasteiger partial charge in [0.15, 0.2) is 5.65 Å². The van der Waals surface area contributed by atoms with Gasteiger partial charge in [0, 0.05) is 11.4 Å². The van der Waals surface area contributed by atoms with Crippen molar-refractivity contribution in [1.82, 2.24) is 19.5 Å². The lowest BCUT2D eigenvalue weighted by atomic mass is 10.3. The number of benzene rings is 2. The number of aryl methyl sites for hydroxylation is 1. The van der Waals surface area contributed by atoms with Crippen LogP contribution in [0.1, 0.15) is 5.69 Å². The van der Waals surface area contributed by atoms with Crippen LogP contribution in [0.2, 0.25) is 0 Å². The van der Waals surface area contributed by atoms with E-state index in [4.69, 9.17) is 9.47 Å². The molecule has 0 atom stereocenters. The monoisotopic (exact) mass is 361 g/mol. The summed E-state index contributed by atoms with van der Waals surface area (Å²) in [5, 5.41) is 3.24. The van der Waals surface area contributed by atoms with Gasteiger partial charge in [-0.05, 0) is 55.5 Å². The van der Waals surface area contributed by atoms with Crippen LogP contribution < -0.4 is 14.8 Å². The van der Waals surface area contributed by atoms with Gasteiger partial charge in [-0.2, -0.15) is 4.98 Å². The molecule has 0 aliphatic heterocycles. The van der Waals surface area contributed by atoms with Crippen LogP contribution >= 0.6 is 0 Å². The molecule has 7 nitrogen and oxygen atoms in total. The number of methoxy groups -OCH3 is 2. The van der Waals surface area contributed by atoms with Crippen molar-refractivity contribution in [3.63, 3.8) is 0 Å². The van der Waals surface area contributed by atoms with Crippen molar-refractivity contribution in [1.29, 1.82) is 0 Å². The molecule has 0 amide bonds. The summed E-state index contributed by atoms with van der Waals surface area (Å²) in [6.07, 6.45) is 1.76. The number of imidazole rings is 1. The number of fused-ring (bicyclic) bond motifs is 1. The summed E-state index contributed by atoms with van der Waals surface area (Å²) in [7, 11) is 3.29. The first kappa shape index (κ1) is 16.8. The molecule has 0 fully saturated rings. The SMILES string of the molecule is COc1ccc(Nc2nc(C)c3ncn(-c4ccc(OC)cc4)c3n2)cc1. The lowest BCUT2D eigenvalue weighted by Gasteiger charge is -2.09. The average molecular weight is 361 g/mol. The van der Waals surface area contributed by atoms with E-state index in [-0.39, 0.29) is 0 Å². The molecule has 0 saturated carbocycles. The van der Waals surface area contributed by atoms with E-state index in [2.05, 4.69) is 20.3 Å². The highest BCUT2D eigenvalue weighted by Gasteiger charge is 2.12. The van der Waals surface area contributed by atoms with Gasteiger partial charge >= 0.3 is 0 Å². The molecular weight excluding hydrogens is 342 g/mol. The number of rotatable bonds is 5. The van der Waals surface area contributed by atoms with Crippen LogP contribution in [-0.2, 0) is 0 Å². The third kappa shape index (κ3) is 3.27. The maximum atomic E-state index is 5.23. The number of anilines is 2. The van der Waals surface area contributed by atoms with Gasteiger partial charge in [-0.3, -0.25) is 4.57 Å². The molecule has 4 rings (SSSR count). The Kier molecular flexibility index (Phi) is 4.33. The molecule has 2 aromatic heterocycles. The van der Waals surface area contributed by atoms with Gasteiger partial charge in [-0.15, -0.1) is 0 Å². The molecule has 2 heterocycles. The molecule has 0 aliphatic rings. The second-order valence-corrected chi connectivity index (χ2v) is 5.97. The summed E-state index contributed by atoms with van der Waals surface area (Å²) in [5.41, 5.74) is 4.15. The van der Waals surface area contributed by atoms with E-state index in [1.807, 2.05) is 60.0 Å². The second-order valence-electron chi connectivity index (χ2n) is 5.97. The number of aromatic nitrogens is 4. The summed E-state index contributed by atoms with van der Waals surface area (Å²) in [5.74, 6) is 2.11. The third-order valence-corrected chi connectivity index (χ3v) is 4.27. The molecule has 0 saturated heterocycles. The Labute approximate surface area is 156 Å². The number of ether oxygens (including phenoxy) is 2. The van der Waals surface area contributed by atoms with Gasteiger partial charge in [-0.25, -0.2) is 9.97 Å². The minimum absolute atomic E-state index is 0.514. The van der Waals surface area contributed by atoms with Crippen LogP contribution in [0.3, 0.4) is 0 Å². The average Bonchev–Trinajstić information content (AvgIpc) is 3.13. The van der Waals surface area contributed by atoms with Crippen LogP contribution in [-0.4, -0.2) is 33.7 Å². The van der Waals surface area contributed by atoms with Crippen molar-refractivity contribution in [3.05, 3.63) is 60.6 Å². The summed E-state index contributed by atoms with van der Waals surface area (Å²) in [6, 6.07) is 15.4. The fourth-order valence-electron chi connectivity index (χ4n) is 2.83. The highest BCUT2D eigenvalue weighted by molar-refractivity contribution is 5.77. The number of nitrogens with one attached hydrogen (secondary N) is 1. The number of hydrogen-bond donors (Lipinski definition) is 1. The van der Waals surface area contributed by atoms with E-state index in [0.717, 1.165) is 39.7 Å². The zero-order valence-electron chi connectivity index (χ0n) is 15.3. The minimum atomic E-state index is 0.514. The topological polar surface area (TPSA) is 74.1 Å². The first-order valence-electron chi connectivity index (χ1n) is 8.45. The zero-order valence-corrected chi connectivity index (χ0v) is 15.3. The van der Waals surface area contributed by atoms with Gasteiger partial charge in [0.1, 0.15) is 23.3 Å². The van der Waals surface area contributed by atoms with Gasteiger partial charge < -0.3 is 14.8 Å². The zero-order chi connectivity index (χ0) is 18.8. The van der Waals surface area contributed by atoms with Gasteiger partial charge in [0.2, 0.25) is 5.95 Å². The number of nitrogens with zero attached hydrogens (tertiary/aromatic N) is 4. The molecule has 7 heteroatoms. The molecule has 136 valence electrons. The number of hydrogen-bond acceptors (Lipinski definition) is 6. The molecule has 0 radical (unpaired) electrons. The molecular formula is C20H19N5O2. The Morgan fingerprint density at radius 1 is 0.852 bits per heavy atom. The van der Waals surface area contributed by atoms with Crippen LogP contribution in [0, 0.1) is 6.92 Å². The highest BCUT2D eigenvalue weighted by atomic mass is 16.5. The molecule has 4 aromatic rings. The Morgan fingerprint density at radius 3 is 2.11 bits per heavy atom. The van der Waals surface area contributed by atoms with Crippen LogP contribution in [0.5, 0.6) is 11.5 Å². The van der Waals surface area contributed by atoms with E-state index in [9.17, 15) is 0 Å². The summed E-state index contributed by atoms with van der Waals surface area (Å²) in [6.45, 7) is 1.93. The molecule has 27 heavy (non-hydrogen) atoms. The van der Waals surface area contributed by atoms with Crippen LogP contribution in [0.4, 0.5) is 11.6 Å². The maximum Gasteiger partial charge on any atom is 0.229 e. The second kappa shape index (κ2) is 6.95. The van der Waals surface area contributed by atoms with E-state index in [0.29, 0.717) is 5.95 Å². The summed E-state index contributed by atoms with van der Waals surface area (Å²) < 4.78 is 12.3. The largest absolute Gasteiger partial charge is 0.497 e. The maximum absolute atomic E-state index is 5.23. The fourth-order valence-corrected chi connectivity index (χ4v) is 2.83. The van der Waals surface area contributed by atoms with Crippen molar-refractivity contribution in [2.24, 2.45) is 0 Å². The van der Waals surface area contributed by atoms with Crippen molar-refractivity contribution in [2.45, 2.75) is 6.92 Å². The Balaban J connectivity index is 1.72. The Morgan fingerprint density at radius 2 is 1.48 bits per heavy atom. The van der Waals surface area contributed by atoms with Crippen molar-refractivity contribution in [3.8, 4) is 17.2 Å². The minimum Gasteiger partial charge on any atom is -0.497 e. The van der Waals surface area contributed by atoms with Gasteiger partial charge in [0.05, 0.1) is 19.9 Å². The third-order valence-electron chi connectivity index (χ3n) is 4.27. The van der Waals surface area contributed by atoms with E-state index < -0.39 is 0 Å². The van der Waals surface area contributed by atoms with Crippen molar-refractivity contribution in [2.75, 3.05) is 19.5 Å². The summed E-state index contributed by atoms with van der Waals surface area (Å²) >= 11 is 0. The van der Waals surface area contributed by atoms with Crippen molar-refractivity contribution < 1.29 is 9.47 Å². The molecule has 0 bridgehead atoms. The summed E-state index contributed by atoms with van der Waals surface area (Å²) in [4.78, 5) is 13.7. The normalized spacial score (nSPS) is 10.8. The molecule has 0 aliphatic carbocycles. The molecule has 1 N–H and O–H groups in total. The lowest BCUT2D eigenvalue weighted by molar-refractivity contribution is 0.414. The quantitative estimate of drug-likeness (QED) is 0.581. The highest BCUT2D eigenvalue weighted by Crippen LogP contribution is 2.23. The van der Waals surface area contributed by atoms with E-state index >= 15 is 0 Å².